The van der Waals surface area contributed by atoms with Crippen LogP contribution < -0.4 is 0 Å². The number of carbonyl (C=O) groups excluding carboxylic acids is 4. The largest absolute Gasteiger partial charge is 0.472 e. The molecule has 17 nitrogen and oxygen atoms in total. The Bertz CT molecular complexity index is 1830. The summed E-state index contributed by atoms with van der Waals surface area (Å²) < 4.78 is 68.2. The number of carbonyl (C=O) groups is 4. The zero-order chi connectivity index (χ0) is 65.2. The van der Waals surface area contributed by atoms with Crippen LogP contribution in [0.1, 0.15) is 318 Å². The third-order valence-electron chi connectivity index (χ3n) is 15.3. The zero-order valence-electron chi connectivity index (χ0n) is 56.7. The van der Waals surface area contributed by atoms with Crippen LogP contribution in [0.4, 0.5) is 0 Å². The van der Waals surface area contributed by atoms with E-state index in [0.717, 1.165) is 121 Å². The fourth-order valence-corrected chi connectivity index (χ4v) is 11.4. The highest BCUT2D eigenvalue weighted by atomic mass is 31.2. The van der Waals surface area contributed by atoms with E-state index in [1.165, 1.54) is 109 Å². The lowest BCUT2D eigenvalue weighted by molar-refractivity contribution is -0.161. The first-order chi connectivity index (χ1) is 42.2. The van der Waals surface area contributed by atoms with Gasteiger partial charge in [0.25, 0.3) is 0 Å². The Labute approximate surface area is 535 Å². The average Bonchev–Trinajstić information content (AvgIpc) is 3.68. The van der Waals surface area contributed by atoms with Gasteiger partial charge in [0.2, 0.25) is 0 Å². The molecule has 0 aromatic rings. The van der Waals surface area contributed by atoms with E-state index >= 15 is 0 Å². The molecule has 0 aliphatic rings. The van der Waals surface area contributed by atoms with E-state index in [1.807, 2.05) is 0 Å². The van der Waals surface area contributed by atoms with Crippen LogP contribution >= 0.6 is 15.6 Å². The van der Waals surface area contributed by atoms with Crippen LogP contribution in [0.3, 0.4) is 0 Å². The quantitative estimate of drug-likeness (QED) is 0.0169. The molecule has 0 saturated carbocycles. The lowest BCUT2D eigenvalue weighted by atomic mass is 10.0. The van der Waals surface area contributed by atoms with Crippen LogP contribution in [-0.4, -0.2) is 96.7 Å². The second-order valence-corrected chi connectivity index (χ2v) is 28.6. The number of ether oxygens (including phenoxy) is 4. The second kappa shape index (κ2) is 59.5. The fourth-order valence-electron chi connectivity index (χ4n) is 9.82. The van der Waals surface area contributed by atoms with Crippen molar-refractivity contribution >= 4 is 39.5 Å². The molecule has 518 valence electrons. The molecule has 0 fully saturated rings. The van der Waals surface area contributed by atoms with Crippen LogP contribution in [0.25, 0.3) is 0 Å². The molecule has 0 aliphatic carbocycles. The Kier molecular flexibility index (Phi) is 57.9. The van der Waals surface area contributed by atoms with E-state index in [2.05, 4.69) is 72.8 Å². The monoisotopic (exact) mass is 1290 g/mol. The van der Waals surface area contributed by atoms with Gasteiger partial charge in [0.1, 0.15) is 19.3 Å². The van der Waals surface area contributed by atoms with Gasteiger partial charge in [-0.25, -0.2) is 9.13 Å². The van der Waals surface area contributed by atoms with Crippen molar-refractivity contribution in [2.45, 2.75) is 336 Å². The Morgan fingerprint density at radius 3 is 0.920 bits per heavy atom. The molecular formula is C69H130O17P2. The maximum absolute atomic E-state index is 13.0. The summed E-state index contributed by atoms with van der Waals surface area (Å²) in [5, 5.41) is 10.6. The summed E-state index contributed by atoms with van der Waals surface area (Å²) in [6, 6.07) is 0. The molecule has 3 N–H and O–H groups in total. The predicted octanol–water partition coefficient (Wildman–Crippen LogP) is 19.0. The molecule has 0 aliphatic heterocycles. The van der Waals surface area contributed by atoms with Crippen molar-refractivity contribution < 1.29 is 80.2 Å². The number of aliphatic hydroxyl groups excluding tert-OH is 1. The van der Waals surface area contributed by atoms with Crippen molar-refractivity contribution in [3.05, 3.63) is 24.3 Å². The van der Waals surface area contributed by atoms with Gasteiger partial charge in [-0.1, -0.05) is 265 Å². The molecule has 3 unspecified atom stereocenters. The van der Waals surface area contributed by atoms with Gasteiger partial charge in [-0.2, -0.15) is 0 Å². The summed E-state index contributed by atoms with van der Waals surface area (Å²) in [4.78, 5) is 72.4. The summed E-state index contributed by atoms with van der Waals surface area (Å²) in [5.74, 6) is 0.00308. The number of aliphatic hydroxyl groups is 1. The molecule has 0 bridgehead atoms. The minimum atomic E-state index is -4.96. The van der Waals surface area contributed by atoms with Crippen molar-refractivity contribution in [2.24, 2.45) is 17.8 Å². The first-order valence-corrected chi connectivity index (χ1v) is 38.2. The van der Waals surface area contributed by atoms with Crippen LogP contribution in [0.2, 0.25) is 0 Å². The highest BCUT2D eigenvalue weighted by Crippen LogP contribution is 2.45. The Balaban J connectivity index is 5.29. The van der Waals surface area contributed by atoms with Crippen LogP contribution in [0.5, 0.6) is 0 Å². The second-order valence-electron chi connectivity index (χ2n) is 25.7. The van der Waals surface area contributed by atoms with Gasteiger partial charge in [-0.15, -0.1) is 0 Å². The number of unbranched alkanes of at least 4 members (excludes halogenated alkanes) is 30. The normalized spacial score (nSPS) is 14.4. The summed E-state index contributed by atoms with van der Waals surface area (Å²) in [5.41, 5.74) is 0. The molecule has 0 saturated heterocycles. The van der Waals surface area contributed by atoms with Crippen molar-refractivity contribution in [1.82, 2.24) is 0 Å². The number of rotatable bonds is 65. The topological polar surface area (TPSA) is 237 Å². The first-order valence-electron chi connectivity index (χ1n) is 35.2. The van der Waals surface area contributed by atoms with Gasteiger partial charge in [0, 0.05) is 25.7 Å². The van der Waals surface area contributed by atoms with Crippen molar-refractivity contribution in [1.29, 1.82) is 0 Å². The molecule has 19 heteroatoms. The number of phosphoric acid groups is 2. The third-order valence-corrected chi connectivity index (χ3v) is 17.2. The van der Waals surface area contributed by atoms with E-state index in [0.29, 0.717) is 31.6 Å². The maximum Gasteiger partial charge on any atom is 0.472 e. The van der Waals surface area contributed by atoms with Crippen LogP contribution in [0.15, 0.2) is 24.3 Å². The Morgan fingerprint density at radius 2 is 0.614 bits per heavy atom. The van der Waals surface area contributed by atoms with Crippen molar-refractivity contribution in [3.63, 3.8) is 0 Å². The van der Waals surface area contributed by atoms with Gasteiger partial charge in [-0.3, -0.25) is 37.3 Å². The smallest absolute Gasteiger partial charge is 0.462 e. The number of hydrogen-bond donors (Lipinski definition) is 3. The summed E-state index contributed by atoms with van der Waals surface area (Å²) >= 11 is 0. The van der Waals surface area contributed by atoms with Gasteiger partial charge < -0.3 is 33.8 Å². The zero-order valence-corrected chi connectivity index (χ0v) is 58.5. The van der Waals surface area contributed by atoms with E-state index in [1.54, 1.807) is 0 Å². The standard InChI is InChI=1S/C69H130O17P2/c1-8-9-10-11-12-13-14-15-16-17-18-19-31-38-45-52-68(73)85-64(56-79-66(71)50-43-36-29-23-20-26-33-40-47-60(2)3)58-83-87(75,76)81-54-63(70)55-82-88(77,78)84-59-65(86-69(74)53-46-39-32-25-22-28-35-42-49-62(6)7)57-80-67(72)51-44-37-30-24-21-27-34-41-48-61(4)5/h13-16,60-65,70H,8-12,17-59H2,1-7H3,(H,75,76)(H,77,78)/b14-13-,16-15-/t63?,64-,65-/m1/s1. The average molecular weight is 1290 g/mol. The molecular weight excluding hydrogens is 1160 g/mol. The molecule has 0 amide bonds. The Hall–Kier alpha value is -2.46. The van der Waals surface area contributed by atoms with Crippen molar-refractivity contribution in [3.8, 4) is 0 Å². The highest BCUT2D eigenvalue weighted by Gasteiger charge is 2.30. The van der Waals surface area contributed by atoms with E-state index in [9.17, 15) is 43.2 Å². The molecule has 0 rings (SSSR count). The summed E-state index contributed by atoms with van der Waals surface area (Å²) in [7, 11) is -9.91. The predicted molar refractivity (Wildman–Crippen MR) is 354 cm³/mol. The fraction of sp³-hybridized carbons (Fsp3) is 0.884. The summed E-state index contributed by atoms with van der Waals surface area (Å²) in [6.45, 7) is 11.7. The van der Waals surface area contributed by atoms with Gasteiger partial charge >= 0.3 is 39.5 Å². The lowest BCUT2D eigenvalue weighted by Crippen LogP contribution is -2.30. The SMILES string of the molecule is CCCCCC/C=C\C=C/CCCCCCCC(=O)O[C@H](COC(=O)CCCCCCCCCCC(C)C)COP(=O)(O)OCC(O)COP(=O)(O)OC[C@@H](COC(=O)CCCCCCCCCCC(C)C)OC(=O)CCCCCCCCCCC(C)C. The number of hydrogen-bond acceptors (Lipinski definition) is 15. The molecule has 0 aromatic carbocycles. The first kappa shape index (κ1) is 85.5. The highest BCUT2D eigenvalue weighted by molar-refractivity contribution is 7.47. The van der Waals surface area contributed by atoms with E-state index < -0.39 is 97.5 Å². The van der Waals surface area contributed by atoms with Crippen LogP contribution in [-0.2, 0) is 65.4 Å². The molecule has 88 heavy (non-hydrogen) atoms. The molecule has 5 atom stereocenters. The molecule has 0 heterocycles. The molecule has 0 radical (unpaired) electrons. The van der Waals surface area contributed by atoms with E-state index in [-0.39, 0.29) is 25.7 Å². The molecule has 0 spiro atoms. The van der Waals surface area contributed by atoms with Gasteiger partial charge in [0.15, 0.2) is 12.2 Å². The number of phosphoric ester groups is 2. The minimum Gasteiger partial charge on any atom is -0.462 e. The van der Waals surface area contributed by atoms with E-state index in [4.69, 9.17) is 37.0 Å². The van der Waals surface area contributed by atoms with Crippen molar-refractivity contribution in [2.75, 3.05) is 39.6 Å². The lowest BCUT2D eigenvalue weighted by Gasteiger charge is -2.21. The summed E-state index contributed by atoms with van der Waals surface area (Å²) in [6.07, 6.45) is 45.4. The number of esters is 4. The van der Waals surface area contributed by atoms with Gasteiger partial charge in [0.05, 0.1) is 26.4 Å². The Morgan fingerprint density at radius 1 is 0.352 bits per heavy atom. The third kappa shape index (κ3) is 62.4. The minimum absolute atomic E-state index is 0.0838. The van der Waals surface area contributed by atoms with Gasteiger partial charge in [-0.05, 0) is 69.1 Å². The maximum atomic E-state index is 13.0. The molecule has 0 aromatic heterocycles. The van der Waals surface area contributed by atoms with Crippen LogP contribution in [0, 0.1) is 17.8 Å². The number of allylic oxidation sites excluding steroid dienone is 4.